The van der Waals surface area contributed by atoms with E-state index in [0.717, 1.165) is 12.2 Å². The highest BCUT2D eigenvalue weighted by Crippen LogP contribution is 2.10. The van der Waals surface area contributed by atoms with Crippen LogP contribution in [0.4, 0.5) is 0 Å². The van der Waals surface area contributed by atoms with E-state index >= 15 is 0 Å². The van der Waals surface area contributed by atoms with Gasteiger partial charge in [-0.1, -0.05) is 38.8 Å². The lowest BCUT2D eigenvalue weighted by Crippen LogP contribution is -1.92. The highest BCUT2D eigenvalue weighted by Gasteiger charge is 1.94. The fourth-order valence-corrected chi connectivity index (χ4v) is 1.98. The summed E-state index contributed by atoms with van der Waals surface area (Å²) < 4.78 is 10.3. The summed E-state index contributed by atoms with van der Waals surface area (Å²) in [6.45, 7) is 7.75. The molecule has 0 fully saturated rings. The summed E-state index contributed by atoms with van der Waals surface area (Å²) in [5.41, 5.74) is 0. The van der Waals surface area contributed by atoms with E-state index in [1.54, 1.807) is 13.2 Å². The standard InChI is InChI=1S/C15H26O3S/c1-14(16)10-11-15(2)18-12-8-6-4-5-7-9-13-19-17-3/h10-11,16H,1-2,4-9,12-13H2,3H3/b11-10-. The summed E-state index contributed by atoms with van der Waals surface area (Å²) in [5.74, 6) is 1.66. The fourth-order valence-electron chi connectivity index (χ4n) is 1.49. The van der Waals surface area contributed by atoms with Crippen molar-refractivity contribution in [2.75, 3.05) is 19.5 Å². The van der Waals surface area contributed by atoms with E-state index in [4.69, 9.17) is 14.0 Å². The Kier molecular flexibility index (Phi) is 12.9. The van der Waals surface area contributed by atoms with Gasteiger partial charge >= 0.3 is 0 Å². The Morgan fingerprint density at radius 2 is 1.68 bits per heavy atom. The van der Waals surface area contributed by atoms with Crippen LogP contribution in [0.1, 0.15) is 38.5 Å². The van der Waals surface area contributed by atoms with E-state index < -0.39 is 0 Å². The van der Waals surface area contributed by atoms with Crippen LogP contribution >= 0.6 is 12.0 Å². The number of rotatable bonds is 13. The van der Waals surface area contributed by atoms with E-state index in [1.807, 2.05) is 0 Å². The molecule has 3 nitrogen and oxygen atoms in total. The van der Waals surface area contributed by atoms with Gasteiger partial charge in [-0.05, 0) is 37.0 Å². The SMILES string of the molecule is C=C(O)/C=C\C(=C)OCCCCCCCCSOC. The molecule has 1 N–H and O–H groups in total. The van der Waals surface area contributed by atoms with E-state index in [9.17, 15) is 0 Å². The molecule has 0 aliphatic carbocycles. The molecule has 0 aromatic carbocycles. The lowest BCUT2D eigenvalue weighted by atomic mass is 10.1. The fraction of sp³-hybridized carbons (Fsp3) is 0.600. The molecule has 0 aliphatic rings. The summed E-state index contributed by atoms with van der Waals surface area (Å²) in [4.78, 5) is 0. The lowest BCUT2D eigenvalue weighted by Gasteiger charge is -2.05. The first-order chi connectivity index (χ1) is 9.16. The molecule has 0 heterocycles. The van der Waals surface area contributed by atoms with E-state index in [1.165, 1.54) is 50.2 Å². The second kappa shape index (κ2) is 13.6. The molecule has 0 unspecified atom stereocenters. The van der Waals surface area contributed by atoms with E-state index in [2.05, 4.69) is 13.2 Å². The number of hydrogen-bond donors (Lipinski definition) is 1. The minimum atomic E-state index is 0.0105. The Morgan fingerprint density at radius 3 is 2.32 bits per heavy atom. The van der Waals surface area contributed by atoms with Crippen molar-refractivity contribution < 1.29 is 14.0 Å². The largest absolute Gasteiger partial charge is 0.509 e. The second-order valence-electron chi connectivity index (χ2n) is 4.25. The number of aliphatic hydroxyl groups excluding tert-OH is 1. The summed E-state index contributed by atoms with van der Waals surface area (Å²) >= 11 is 1.53. The molecule has 110 valence electrons. The number of aliphatic hydroxyl groups is 1. The first-order valence-electron chi connectivity index (χ1n) is 6.70. The van der Waals surface area contributed by atoms with Crippen molar-refractivity contribution >= 4 is 12.0 Å². The van der Waals surface area contributed by atoms with Crippen LogP contribution in [-0.2, 0) is 8.92 Å². The van der Waals surface area contributed by atoms with Gasteiger partial charge in [-0.3, -0.25) is 0 Å². The predicted octanol–water partition coefficient (Wildman–Crippen LogP) is 4.78. The highest BCUT2D eigenvalue weighted by atomic mass is 32.2. The Morgan fingerprint density at radius 1 is 1.05 bits per heavy atom. The molecule has 0 radical (unpaired) electrons. The molecule has 0 aromatic heterocycles. The third kappa shape index (κ3) is 15.1. The van der Waals surface area contributed by atoms with Gasteiger partial charge in [-0.2, -0.15) is 0 Å². The second-order valence-corrected chi connectivity index (χ2v) is 5.23. The van der Waals surface area contributed by atoms with Gasteiger partial charge in [0.25, 0.3) is 0 Å². The van der Waals surface area contributed by atoms with Crippen molar-refractivity contribution in [1.29, 1.82) is 0 Å². The summed E-state index contributed by atoms with van der Waals surface area (Å²) in [6.07, 6.45) is 10.3. The molecule has 0 saturated heterocycles. The van der Waals surface area contributed by atoms with Crippen molar-refractivity contribution in [2.24, 2.45) is 0 Å². The Balaban J connectivity index is 3.22. The van der Waals surface area contributed by atoms with Gasteiger partial charge in [0.05, 0.1) is 13.7 Å². The van der Waals surface area contributed by atoms with Crippen LogP contribution in [0, 0.1) is 0 Å². The highest BCUT2D eigenvalue weighted by molar-refractivity contribution is 7.94. The van der Waals surface area contributed by atoms with Crippen LogP contribution in [0.5, 0.6) is 0 Å². The molecule has 0 rings (SSSR count). The maximum atomic E-state index is 8.86. The van der Waals surface area contributed by atoms with Crippen molar-refractivity contribution in [3.63, 3.8) is 0 Å². The number of allylic oxidation sites excluding steroid dienone is 2. The first-order valence-corrected chi connectivity index (χ1v) is 7.61. The molecule has 0 atom stereocenters. The quantitative estimate of drug-likeness (QED) is 0.229. The molecule has 0 saturated carbocycles. The van der Waals surface area contributed by atoms with Crippen LogP contribution in [-0.4, -0.2) is 24.6 Å². The Bertz CT molecular complexity index is 275. The molecule has 4 heteroatoms. The van der Waals surface area contributed by atoms with Crippen LogP contribution in [0.25, 0.3) is 0 Å². The van der Waals surface area contributed by atoms with E-state index in [-0.39, 0.29) is 5.76 Å². The maximum Gasteiger partial charge on any atom is 0.112 e. The molecule has 0 aromatic rings. The molecule has 0 aliphatic heterocycles. The number of unbranched alkanes of at least 4 members (excludes halogenated alkanes) is 5. The van der Waals surface area contributed by atoms with Gasteiger partial charge in [0.15, 0.2) is 0 Å². The molecule has 0 spiro atoms. The maximum absolute atomic E-state index is 8.86. The monoisotopic (exact) mass is 286 g/mol. The zero-order valence-electron chi connectivity index (χ0n) is 11.9. The van der Waals surface area contributed by atoms with Gasteiger partial charge in [0.1, 0.15) is 11.5 Å². The van der Waals surface area contributed by atoms with Crippen molar-refractivity contribution in [3.05, 3.63) is 36.8 Å². The van der Waals surface area contributed by atoms with Crippen LogP contribution in [0.2, 0.25) is 0 Å². The first kappa shape index (κ1) is 18.1. The number of hydrogen-bond acceptors (Lipinski definition) is 4. The molecule has 19 heavy (non-hydrogen) atoms. The van der Waals surface area contributed by atoms with Gasteiger partial charge in [0, 0.05) is 5.75 Å². The summed E-state index contributed by atoms with van der Waals surface area (Å²) in [6, 6.07) is 0. The van der Waals surface area contributed by atoms with Crippen LogP contribution < -0.4 is 0 Å². The van der Waals surface area contributed by atoms with Gasteiger partial charge in [-0.25, -0.2) is 0 Å². The van der Waals surface area contributed by atoms with Gasteiger partial charge < -0.3 is 14.0 Å². The van der Waals surface area contributed by atoms with Crippen LogP contribution in [0.15, 0.2) is 36.8 Å². The minimum Gasteiger partial charge on any atom is -0.509 e. The van der Waals surface area contributed by atoms with Gasteiger partial charge in [0.2, 0.25) is 0 Å². The summed E-state index contributed by atoms with van der Waals surface area (Å²) in [5, 5.41) is 8.86. The van der Waals surface area contributed by atoms with E-state index in [0.29, 0.717) is 12.4 Å². The topological polar surface area (TPSA) is 38.7 Å². The zero-order chi connectivity index (χ0) is 14.3. The minimum absolute atomic E-state index is 0.0105. The average Bonchev–Trinajstić information content (AvgIpc) is 2.38. The Labute approximate surface area is 121 Å². The normalized spacial score (nSPS) is 10.8. The zero-order valence-corrected chi connectivity index (χ0v) is 12.7. The lowest BCUT2D eigenvalue weighted by molar-refractivity contribution is 0.218. The predicted molar refractivity (Wildman–Crippen MR) is 83.2 cm³/mol. The molecular weight excluding hydrogens is 260 g/mol. The Hall–Kier alpha value is -0.870. The third-order valence-electron chi connectivity index (χ3n) is 2.49. The van der Waals surface area contributed by atoms with Crippen molar-refractivity contribution in [3.8, 4) is 0 Å². The third-order valence-corrected chi connectivity index (χ3v) is 3.18. The van der Waals surface area contributed by atoms with Gasteiger partial charge in [-0.15, -0.1) is 0 Å². The molecule has 0 bridgehead atoms. The molecular formula is C15H26O3S. The van der Waals surface area contributed by atoms with Crippen LogP contribution in [0.3, 0.4) is 0 Å². The summed E-state index contributed by atoms with van der Waals surface area (Å²) in [7, 11) is 1.71. The van der Waals surface area contributed by atoms with Crippen molar-refractivity contribution in [1.82, 2.24) is 0 Å². The smallest absolute Gasteiger partial charge is 0.112 e. The number of ether oxygens (including phenoxy) is 1. The van der Waals surface area contributed by atoms with Crippen molar-refractivity contribution in [2.45, 2.75) is 38.5 Å². The molecule has 0 amide bonds. The average molecular weight is 286 g/mol.